The molecule has 0 spiro atoms. The Kier molecular flexibility index (Phi) is 6.86. The fourth-order valence-corrected chi connectivity index (χ4v) is 2.28. The third-order valence-electron chi connectivity index (χ3n) is 3.52. The van der Waals surface area contributed by atoms with Gasteiger partial charge in [0, 0.05) is 39.3 Å². The number of carbonyl (C=O) groups is 3. The van der Waals surface area contributed by atoms with Crippen LogP contribution in [0.2, 0.25) is 0 Å². The average molecular weight is 320 g/mol. The highest BCUT2D eigenvalue weighted by Crippen LogP contribution is 2.00. The second-order valence-corrected chi connectivity index (χ2v) is 5.07. The fraction of sp³-hybridized carbons (Fsp3) is 0.750. The number of nitrogens with one attached hydrogen (secondary N) is 2. The van der Waals surface area contributed by atoms with E-state index in [1.165, 1.54) is 4.90 Å². The van der Waals surface area contributed by atoms with Gasteiger partial charge < -0.3 is 15.5 Å². The molecular formula is C12H22ClN5O3. The van der Waals surface area contributed by atoms with Gasteiger partial charge in [0.05, 0.1) is 13.1 Å². The number of imide groups is 1. The van der Waals surface area contributed by atoms with Crippen LogP contribution in [-0.2, 0) is 9.59 Å². The van der Waals surface area contributed by atoms with Gasteiger partial charge in [0.15, 0.2) is 0 Å². The van der Waals surface area contributed by atoms with E-state index in [-0.39, 0.29) is 36.8 Å². The van der Waals surface area contributed by atoms with Gasteiger partial charge in [-0.15, -0.1) is 12.4 Å². The smallest absolute Gasteiger partial charge is 0.324 e. The first-order valence-corrected chi connectivity index (χ1v) is 6.83. The van der Waals surface area contributed by atoms with Crippen LogP contribution in [0.5, 0.6) is 0 Å². The Morgan fingerprint density at radius 2 is 1.95 bits per heavy atom. The first-order valence-electron chi connectivity index (χ1n) is 6.83. The zero-order chi connectivity index (χ0) is 14.5. The molecule has 0 bridgehead atoms. The molecule has 0 aromatic carbocycles. The molecule has 0 unspecified atom stereocenters. The van der Waals surface area contributed by atoms with E-state index in [0.717, 1.165) is 26.2 Å². The quantitative estimate of drug-likeness (QED) is 0.592. The molecule has 9 heteroatoms. The Labute approximate surface area is 130 Å². The van der Waals surface area contributed by atoms with E-state index in [2.05, 4.69) is 10.6 Å². The Morgan fingerprint density at radius 3 is 2.52 bits per heavy atom. The molecule has 2 aliphatic heterocycles. The van der Waals surface area contributed by atoms with Gasteiger partial charge in [-0.3, -0.25) is 19.4 Å². The van der Waals surface area contributed by atoms with Crippen molar-refractivity contribution in [2.24, 2.45) is 0 Å². The van der Waals surface area contributed by atoms with E-state index in [1.807, 2.05) is 16.8 Å². The van der Waals surface area contributed by atoms with Crippen molar-refractivity contribution in [3.8, 4) is 0 Å². The highest BCUT2D eigenvalue weighted by atomic mass is 35.5. The van der Waals surface area contributed by atoms with Gasteiger partial charge >= 0.3 is 6.03 Å². The number of carbonyl (C=O) groups excluding carboxylic acids is 3. The van der Waals surface area contributed by atoms with Gasteiger partial charge in [0.1, 0.15) is 0 Å². The second kappa shape index (κ2) is 8.16. The molecule has 2 N–H and O–H groups in total. The Hall–Kier alpha value is -1.38. The summed E-state index contributed by atoms with van der Waals surface area (Å²) >= 11 is 0. The molecule has 4 amide bonds. The predicted molar refractivity (Wildman–Crippen MR) is 79.3 cm³/mol. The van der Waals surface area contributed by atoms with Crippen molar-refractivity contribution in [2.45, 2.75) is 0 Å². The zero-order valence-electron chi connectivity index (χ0n) is 12.1. The molecule has 2 rings (SSSR count). The normalized spacial score (nSPS) is 18.8. The summed E-state index contributed by atoms with van der Waals surface area (Å²) in [5.41, 5.74) is 0. The summed E-state index contributed by atoms with van der Waals surface area (Å²) in [4.78, 5) is 39.7. The topological polar surface area (TPSA) is 85.0 Å². The summed E-state index contributed by atoms with van der Waals surface area (Å²) in [6.45, 7) is 4.33. The van der Waals surface area contributed by atoms with Crippen LogP contribution in [-0.4, -0.2) is 92.0 Å². The maximum absolute atomic E-state index is 12.0. The van der Waals surface area contributed by atoms with Crippen LogP contribution >= 0.6 is 12.4 Å². The van der Waals surface area contributed by atoms with E-state index < -0.39 is 0 Å². The molecule has 2 saturated heterocycles. The fourth-order valence-electron chi connectivity index (χ4n) is 2.28. The first kappa shape index (κ1) is 17.7. The molecular weight excluding hydrogens is 298 g/mol. The summed E-state index contributed by atoms with van der Waals surface area (Å²) in [5, 5.41) is 5.67. The molecule has 2 fully saturated rings. The van der Waals surface area contributed by atoms with Crippen LogP contribution in [0.3, 0.4) is 0 Å². The third kappa shape index (κ3) is 4.83. The van der Waals surface area contributed by atoms with E-state index in [1.54, 1.807) is 0 Å². The minimum absolute atomic E-state index is 0. The summed E-state index contributed by atoms with van der Waals surface area (Å²) < 4.78 is 0. The number of nitrogens with zero attached hydrogens (tertiary/aromatic N) is 3. The number of halogens is 1. The molecule has 120 valence electrons. The number of piperazine rings is 1. The molecule has 8 nitrogen and oxygen atoms in total. The van der Waals surface area contributed by atoms with Crippen molar-refractivity contribution >= 4 is 30.3 Å². The van der Waals surface area contributed by atoms with Crippen LogP contribution in [0.25, 0.3) is 0 Å². The summed E-state index contributed by atoms with van der Waals surface area (Å²) in [5.74, 6) is -0.122. The van der Waals surface area contributed by atoms with Crippen LogP contribution in [0.15, 0.2) is 0 Å². The lowest BCUT2D eigenvalue weighted by atomic mass is 10.3. The lowest BCUT2D eigenvalue weighted by Crippen LogP contribution is -2.49. The number of urea groups is 1. The standard InChI is InChI=1S/C12H21N5O3.ClH/c1-15(6-7-17-10(18)8-14-12(17)20)9-11(19)16-4-2-13-3-5-16;/h13H,2-9H2,1H3,(H,14,20);1H. The molecule has 0 aromatic heterocycles. The van der Waals surface area contributed by atoms with E-state index in [9.17, 15) is 14.4 Å². The van der Waals surface area contributed by atoms with Gasteiger partial charge in [0.25, 0.3) is 0 Å². The first-order chi connectivity index (χ1) is 9.58. The highest BCUT2D eigenvalue weighted by molar-refractivity contribution is 6.01. The van der Waals surface area contributed by atoms with Crippen LogP contribution < -0.4 is 10.6 Å². The molecule has 2 aliphatic rings. The van der Waals surface area contributed by atoms with Crippen molar-refractivity contribution in [1.82, 2.24) is 25.3 Å². The lowest BCUT2D eigenvalue weighted by Gasteiger charge is -2.29. The zero-order valence-corrected chi connectivity index (χ0v) is 12.9. The Balaban J connectivity index is 0.00000220. The van der Waals surface area contributed by atoms with Crippen molar-refractivity contribution in [1.29, 1.82) is 0 Å². The van der Waals surface area contributed by atoms with Crippen molar-refractivity contribution in [2.75, 3.05) is 59.4 Å². The third-order valence-corrected chi connectivity index (χ3v) is 3.52. The SMILES string of the molecule is CN(CCN1C(=O)CNC1=O)CC(=O)N1CCNCC1.Cl. The van der Waals surface area contributed by atoms with Crippen LogP contribution in [0, 0.1) is 0 Å². The maximum Gasteiger partial charge on any atom is 0.324 e. The number of amides is 4. The van der Waals surface area contributed by atoms with Crippen molar-refractivity contribution in [3.05, 3.63) is 0 Å². The molecule has 2 heterocycles. The van der Waals surface area contributed by atoms with Crippen molar-refractivity contribution < 1.29 is 14.4 Å². The van der Waals surface area contributed by atoms with Crippen LogP contribution in [0.4, 0.5) is 4.79 Å². The molecule has 0 saturated carbocycles. The lowest BCUT2D eigenvalue weighted by molar-refractivity contribution is -0.132. The highest BCUT2D eigenvalue weighted by Gasteiger charge is 2.28. The molecule has 21 heavy (non-hydrogen) atoms. The number of hydrogen-bond donors (Lipinski definition) is 2. The van der Waals surface area contributed by atoms with Gasteiger partial charge in [0.2, 0.25) is 11.8 Å². The van der Waals surface area contributed by atoms with Gasteiger partial charge in [-0.1, -0.05) is 0 Å². The molecule has 0 radical (unpaired) electrons. The van der Waals surface area contributed by atoms with E-state index in [0.29, 0.717) is 19.6 Å². The Morgan fingerprint density at radius 1 is 1.29 bits per heavy atom. The van der Waals surface area contributed by atoms with E-state index >= 15 is 0 Å². The van der Waals surface area contributed by atoms with E-state index in [4.69, 9.17) is 0 Å². The number of hydrogen-bond acceptors (Lipinski definition) is 5. The van der Waals surface area contributed by atoms with Gasteiger partial charge in [-0.25, -0.2) is 4.79 Å². The largest absolute Gasteiger partial charge is 0.339 e. The molecule has 0 atom stereocenters. The summed E-state index contributed by atoms with van der Waals surface area (Å²) in [6.07, 6.45) is 0. The second-order valence-electron chi connectivity index (χ2n) is 5.07. The summed E-state index contributed by atoms with van der Waals surface area (Å²) in [7, 11) is 1.82. The number of likely N-dealkylation sites (N-methyl/N-ethyl adjacent to an activating group) is 1. The molecule has 0 aromatic rings. The minimum atomic E-state index is -0.350. The van der Waals surface area contributed by atoms with Gasteiger partial charge in [-0.05, 0) is 7.05 Å². The van der Waals surface area contributed by atoms with Gasteiger partial charge in [-0.2, -0.15) is 0 Å². The monoisotopic (exact) mass is 319 g/mol. The average Bonchev–Trinajstić information content (AvgIpc) is 2.77. The maximum atomic E-state index is 12.0. The Bertz CT molecular complexity index is 384. The predicted octanol–water partition coefficient (Wildman–Crippen LogP) is -1.68. The van der Waals surface area contributed by atoms with Crippen molar-refractivity contribution in [3.63, 3.8) is 0 Å². The summed E-state index contributed by atoms with van der Waals surface area (Å²) in [6, 6.07) is -0.350. The number of rotatable bonds is 5. The van der Waals surface area contributed by atoms with Crippen LogP contribution in [0.1, 0.15) is 0 Å². The molecule has 0 aliphatic carbocycles. The minimum Gasteiger partial charge on any atom is -0.339 e.